The lowest BCUT2D eigenvalue weighted by atomic mass is 10.1. The molecular formula is C18H25N3. The van der Waals surface area contributed by atoms with Crippen molar-refractivity contribution >= 4 is 5.69 Å². The van der Waals surface area contributed by atoms with Gasteiger partial charge in [0, 0.05) is 26.3 Å². The summed E-state index contributed by atoms with van der Waals surface area (Å²) < 4.78 is 0. The number of nitrogens with zero attached hydrogens (tertiary/aromatic N) is 2. The van der Waals surface area contributed by atoms with Gasteiger partial charge in [0.1, 0.15) is 0 Å². The summed E-state index contributed by atoms with van der Waals surface area (Å²) in [7, 11) is 2.13. The molecule has 0 aliphatic rings. The molecule has 0 fully saturated rings. The number of nitrogens with one attached hydrogen (secondary N) is 1. The van der Waals surface area contributed by atoms with Crippen LogP contribution in [0.3, 0.4) is 0 Å². The molecule has 0 spiro atoms. The van der Waals surface area contributed by atoms with Gasteiger partial charge >= 0.3 is 0 Å². The van der Waals surface area contributed by atoms with Crippen LogP contribution in [0.1, 0.15) is 30.0 Å². The molecule has 0 saturated heterocycles. The summed E-state index contributed by atoms with van der Waals surface area (Å²) in [5, 5.41) is 3.46. The number of benzene rings is 1. The summed E-state index contributed by atoms with van der Waals surface area (Å²) in [5.74, 6) is 0. The van der Waals surface area contributed by atoms with Crippen LogP contribution >= 0.6 is 0 Å². The molecule has 3 nitrogen and oxygen atoms in total. The Labute approximate surface area is 128 Å². The first-order valence-corrected chi connectivity index (χ1v) is 7.61. The zero-order valence-electron chi connectivity index (χ0n) is 13.3. The van der Waals surface area contributed by atoms with Gasteiger partial charge in [0.15, 0.2) is 0 Å². The lowest BCUT2D eigenvalue weighted by Gasteiger charge is -2.22. The Kier molecular flexibility index (Phi) is 5.76. The van der Waals surface area contributed by atoms with Crippen molar-refractivity contribution in [1.82, 2.24) is 10.3 Å². The Hall–Kier alpha value is -1.87. The molecule has 21 heavy (non-hydrogen) atoms. The van der Waals surface area contributed by atoms with E-state index in [4.69, 9.17) is 0 Å². The second kappa shape index (κ2) is 7.79. The Morgan fingerprint density at radius 2 is 1.90 bits per heavy atom. The quantitative estimate of drug-likeness (QED) is 0.788. The van der Waals surface area contributed by atoms with Crippen LogP contribution in [0.5, 0.6) is 0 Å². The van der Waals surface area contributed by atoms with Crippen molar-refractivity contribution in [3.05, 3.63) is 59.4 Å². The maximum atomic E-state index is 4.28. The van der Waals surface area contributed by atoms with Gasteiger partial charge in [-0.05, 0) is 37.1 Å². The highest BCUT2D eigenvalue weighted by molar-refractivity contribution is 5.51. The molecule has 0 bridgehead atoms. The summed E-state index contributed by atoms with van der Waals surface area (Å²) >= 11 is 0. The van der Waals surface area contributed by atoms with Gasteiger partial charge in [0.2, 0.25) is 0 Å². The Morgan fingerprint density at radius 3 is 2.62 bits per heavy atom. The van der Waals surface area contributed by atoms with Gasteiger partial charge in [0.25, 0.3) is 0 Å². The fraction of sp³-hybridized carbons (Fsp3) is 0.389. The fourth-order valence-corrected chi connectivity index (χ4v) is 2.36. The van der Waals surface area contributed by atoms with Crippen molar-refractivity contribution < 1.29 is 0 Å². The minimum atomic E-state index is 0.893. The van der Waals surface area contributed by atoms with Crippen LogP contribution in [0.4, 0.5) is 5.69 Å². The SMILES string of the molecule is CCCNCc1ccncc1N(C)Cc1ccc(C)cc1. The molecule has 0 saturated carbocycles. The molecule has 2 rings (SSSR count). The van der Waals surface area contributed by atoms with E-state index in [1.807, 2.05) is 12.4 Å². The molecule has 2 aromatic rings. The third-order valence-corrected chi connectivity index (χ3v) is 3.58. The standard InChI is InChI=1S/C18H25N3/c1-4-10-19-12-17-9-11-20-13-18(17)21(3)14-16-7-5-15(2)6-8-16/h5-9,11,13,19H,4,10,12,14H2,1-3H3. The largest absolute Gasteiger partial charge is 0.369 e. The molecular weight excluding hydrogens is 258 g/mol. The minimum Gasteiger partial charge on any atom is -0.369 e. The third kappa shape index (κ3) is 4.57. The van der Waals surface area contributed by atoms with Crippen molar-refractivity contribution in [3.8, 4) is 0 Å². The zero-order valence-corrected chi connectivity index (χ0v) is 13.3. The molecule has 0 aliphatic heterocycles. The summed E-state index contributed by atoms with van der Waals surface area (Å²) in [5.41, 5.74) is 5.11. The predicted molar refractivity (Wildman–Crippen MR) is 89.5 cm³/mol. The molecule has 0 atom stereocenters. The normalized spacial score (nSPS) is 10.6. The molecule has 0 radical (unpaired) electrons. The van der Waals surface area contributed by atoms with Gasteiger partial charge in [-0.25, -0.2) is 0 Å². The lowest BCUT2D eigenvalue weighted by Crippen LogP contribution is -2.21. The molecule has 1 N–H and O–H groups in total. The second-order valence-electron chi connectivity index (χ2n) is 5.52. The van der Waals surface area contributed by atoms with Crippen molar-refractivity contribution in [3.63, 3.8) is 0 Å². The maximum absolute atomic E-state index is 4.28. The van der Waals surface area contributed by atoms with Crippen LogP contribution in [-0.2, 0) is 13.1 Å². The fourth-order valence-electron chi connectivity index (χ4n) is 2.36. The number of hydrogen-bond donors (Lipinski definition) is 1. The van der Waals surface area contributed by atoms with Crippen LogP contribution < -0.4 is 10.2 Å². The minimum absolute atomic E-state index is 0.893. The van der Waals surface area contributed by atoms with E-state index in [0.29, 0.717) is 0 Å². The zero-order chi connectivity index (χ0) is 15.1. The van der Waals surface area contributed by atoms with Gasteiger partial charge in [-0.1, -0.05) is 36.8 Å². The van der Waals surface area contributed by atoms with Crippen LogP contribution in [0.25, 0.3) is 0 Å². The predicted octanol–water partition coefficient (Wildman–Crippen LogP) is 3.53. The van der Waals surface area contributed by atoms with E-state index in [-0.39, 0.29) is 0 Å². The van der Waals surface area contributed by atoms with Crippen molar-refractivity contribution in [2.24, 2.45) is 0 Å². The van der Waals surface area contributed by atoms with E-state index < -0.39 is 0 Å². The van der Waals surface area contributed by atoms with E-state index in [2.05, 4.69) is 66.4 Å². The first kappa shape index (κ1) is 15.5. The van der Waals surface area contributed by atoms with Crippen LogP contribution in [0, 0.1) is 6.92 Å². The summed E-state index contributed by atoms with van der Waals surface area (Å²) in [4.78, 5) is 6.55. The highest BCUT2D eigenvalue weighted by Gasteiger charge is 2.08. The average molecular weight is 283 g/mol. The molecule has 0 unspecified atom stereocenters. The van der Waals surface area contributed by atoms with Crippen molar-refractivity contribution in [2.45, 2.75) is 33.4 Å². The molecule has 1 heterocycles. The van der Waals surface area contributed by atoms with E-state index in [1.54, 1.807) is 0 Å². The van der Waals surface area contributed by atoms with E-state index in [9.17, 15) is 0 Å². The number of aryl methyl sites for hydroxylation is 1. The molecule has 1 aromatic carbocycles. The molecule has 112 valence electrons. The van der Waals surface area contributed by atoms with Gasteiger partial charge in [-0.2, -0.15) is 0 Å². The lowest BCUT2D eigenvalue weighted by molar-refractivity contribution is 0.673. The van der Waals surface area contributed by atoms with Crippen molar-refractivity contribution in [1.29, 1.82) is 0 Å². The number of anilines is 1. The number of aromatic nitrogens is 1. The van der Waals surface area contributed by atoms with Gasteiger partial charge < -0.3 is 10.2 Å². The summed E-state index contributed by atoms with van der Waals surface area (Å²) in [6, 6.07) is 10.8. The first-order chi connectivity index (χ1) is 10.2. The topological polar surface area (TPSA) is 28.2 Å². The van der Waals surface area contributed by atoms with Crippen LogP contribution in [-0.4, -0.2) is 18.6 Å². The van der Waals surface area contributed by atoms with E-state index in [1.165, 1.54) is 22.4 Å². The number of pyridine rings is 1. The van der Waals surface area contributed by atoms with Gasteiger partial charge in [-0.3, -0.25) is 4.98 Å². The third-order valence-electron chi connectivity index (χ3n) is 3.58. The first-order valence-electron chi connectivity index (χ1n) is 7.61. The highest BCUT2D eigenvalue weighted by atomic mass is 15.1. The average Bonchev–Trinajstić information content (AvgIpc) is 2.50. The molecule has 1 aromatic heterocycles. The molecule has 0 aliphatic carbocycles. The second-order valence-corrected chi connectivity index (χ2v) is 5.52. The van der Waals surface area contributed by atoms with Gasteiger partial charge in [-0.15, -0.1) is 0 Å². The van der Waals surface area contributed by atoms with Crippen molar-refractivity contribution in [2.75, 3.05) is 18.5 Å². The van der Waals surface area contributed by atoms with Gasteiger partial charge in [0.05, 0.1) is 11.9 Å². The Bertz CT molecular complexity index is 549. The van der Waals surface area contributed by atoms with E-state index >= 15 is 0 Å². The summed E-state index contributed by atoms with van der Waals surface area (Å²) in [6.07, 6.45) is 4.98. The van der Waals surface area contributed by atoms with Crippen LogP contribution in [0.15, 0.2) is 42.7 Å². The molecule has 0 amide bonds. The Morgan fingerprint density at radius 1 is 1.14 bits per heavy atom. The highest BCUT2D eigenvalue weighted by Crippen LogP contribution is 2.20. The summed E-state index contributed by atoms with van der Waals surface area (Å²) in [6.45, 7) is 7.14. The monoisotopic (exact) mass is 283 g/mol. The number of rotatable bonds is 7. The maximum Gasteiger partial charge on any atom is 0.0598 e. The van der Waals surface area contributed by atoms with E-state index in [0.717, 1.165) is 26.1 Å². The van der Waals surface area contributed by atoms with Crippen LogP contribution in [0.2, 0.25) is 0 Å². The Balaban J connectivity index is 2.07. The molecule has 3 heteroatoms. The smallest absolute Gasteiger partial charge is 0.0598 e. The number of hydrogen-bond acceptors (Lipinski definition) is 3.